The third-order valence-corrected chi connectivity index (χ3v) is 42.3. The van der Waals surface area contributed by atoms with E-state index in [1.807, 2.05) is 65.9 Å². The first kappa shape index (κ1) is 80.1. The van der Waals surface area contributed by atoms with Gasteiger partial charge >= 0.3 is 0 Å². The van der Waals surface area contributed by atoms with Crippen LogP contribution in [0.1, 0.15) is 5.56 Å². The quantitative estimate of drug-likeness (QED) is 0.114. The van der Waals surface area contributed by atoms with E-state index in [0.717, 1.165) is 126 Å². The molecule has 7 heterocycles. The first-order chi connectivity index (χ1) is 64.2. The minimum Gasteiger partial charge on any atom is -0.456 e. The van der Waals surface area contributed by atoms with Crippen LogP contribution >= 0.6 is 46.1 Å². The second kappa shape index (κ2) is 31.8. The normalized spacial score (nSPS) is 14.8. The third-order valence-electron chi connectivity index (χ3n) is 27.4. The van der Waals surface area contributed by atoms with Crippen molar-refractivity contribution in [3.8, 4) is 33.4 Å². The number of para-hydroxylation sites is 5. The Bertz CT molecular complexity index is 8420. The van der Waals surface area contributed by atoms with Crippen molar-refractivity contribution >= 4 is 254 Å². The Kier molecular flexibility index (Phi) is 19.5. The highest BCUT2D eigenvalue weighted by Gasteiger charge is 2.50. The van der Waals surface area contributed by atoms with Crippen LogP contribution in [-0.2, 0) is 0 Å². The number of thiophene rings is 1. The van der Waals surface area contributed by atoms with E-state index < -0.39 is 24.2 Å². The maximum absolute atomic E-state index is 6.91. The van der Waals surface area contributed by atoms with Crippen molar-refractivity contribution in [1.29, 1.82) is 0 Å². The molecule has 0 spiro atoms. The summed E-state index contributed by atoms with van der Waals surface area (Å²) < 4.78 is 21.5. The third kappa shape index (κ3) is 13.2. The number of furan rings is 3. The van der Waals surface area contributed by atoms with Crippen LogP contribution in [0.15, 0.2) is 438 Å². The Morgan fingerprint density at radius 3 is 1.10 bits per heavy atom. The zero-order chi connectivity index (χ0) is 88.0. The van der Waals surface area contributed by atoms with Gasteiger partial charge in [-0.15, -0.1) is 11.3 Å². The number of aryl methyl sites for hydroxylation is 1. The minimum atomic E-state index is -2.86. The van der Waals surface area contributed by atoms with Gasteiger partial charge in [0, 0.05) is 125 Å². The van der Waals surface area contributed by atoms with E-state index >= 15 is 0 Å². The predicted molar refractivity (Wildman–Crippen MR) is 565 cm³/mol. The molecule has 13 heteroatoms. The summed E-state index contributed by atoms with van der Waals surface area (Å²) in [6.45, 7) is 9.57. The van der Waals surface area contributed by atoms with Crippen LogP contribution in [0.4, 0.5) is 51.2 Å². The highest BCUT2D eigenvalue weighted by molar-refractivity contribution is 7.26. The number of anilines is 9. The lowest BCUT2D eigenvalue weighted by molar-refractivity contribution is 0.668. The number of fused-ring (bicyclic) bond motifs is 21. The molecule has 19 aromatic carbocycles. The number of rotatable bonds is 12. The molecule has 131 heavy (non-hydrogen) atoms. The van der Waals surface area contributed by atoms with Gasteiger partial charge in [0.05, 0.1) is 0 Å². The number of hydrogen-bond donors (Lipinski definition) is 0. The van der Waals surface area contributed by atoms with E-state index in [-0.39, 0.29) is 0 Å². The SMILES string of the molecule is C[Si]1(C)c2cc(Cl)ccc2-c2ccc(N(c3ccccc3)c3ccc4c(c3)oc3ccccc34)cc21.C[Si]1(c2ccccc2)c2cc(Cl)ccc2-c2ccc(N(c3ccccc3)c3ccc4c(c3)sc3ccccc34)cc21.Cc1ccccc1[Si]1(c2ccccc2)c2cc(Cl)ccc2-c2ccc(N(c3ccc4oc5ccccc5c4c3)c3ccc4oc5ccccc5c4c3)cc21. The molecule has 0 aliphatic carbocycles. The average Bonchev–Trinajstić information content (AvgIpc) is 1.54. The van der Waals surface area contributed by atoms with E-state index in [4.69, 9.17) is 48.1 Å². The summed E-state index contributed by atoms with van der Waals surface area (Å²) in [6.07, 6.45) is 0. The molecule has 626 valence electrons. The molecule has 0 N–H and O–H groups in total. The predicted octanol–water partition coefficient (Wildman–Crippen LogP) is 29.0. The second-order valence-electron chi connectivity index (χ2n) is 35.1. The van der Waals surface area contributed by atoms with E-state index in [1.54, 1.807) is 0 Å². The molecule has 3 aliphatic heterocycles. The Labute approximate surface area is 780 Å². The molecule has 23 aromatic rings. The molecule has 6 nitrogen and oxygen atoms in total. The minimum absolute atomic E-state index is 0.756. The summed E-state index contributed by atoms with van der Waals surface area (Å²) in [4.78, 5) is 7.12. The van der Waals surface area contributed by atoms with Gasteiger partial charge in [-0.3, -0.25) is 0 Å². The maximum atomic E-state index is 6.91. The summed E-state index contributed by atoms with van der Waals surface area (Å²) in [5.41, 5.74) is 24.4. The lowest BCUT2D eigenvalue weighted by Crippen LogP contribution is -2.73. The van der Waals surface area contributed by atoms with Gasteiger partial charge in [-0.2, -0.15) is 0 Å². The van der Waals surface area contributed by atoms with Gasteiger partial charge in [0.25, 0.3) is 0 Å². The fraction of sp³-hybridized carbons (Fsp3) is 0.0339. The van der Waals surface area contributed by atoms with Gasteiger partial charge < -0.3 is 28.0 Å². The topological polar surface area (TPSA) is 49.1 Å². The first-order valence-corrected chi connectivity index (χ1v) is 53.8. The monoisotopic (exact) mass is 1810 g/mol. The summed E-state index contributed by atoms with van der Waals surface area (Å²) >= 11 is 21.8. The van der Waals surface area contributed by atoms with Crippen LogP contribution in [-0.4, -0.2) is 24.2 Å². The van der Waals surface area contributed by atoms with Gasteiger partial charge in [0.15, 0.2) is 8.07 Å². The first-order valence-electron chi connectivity index (χ1n) is 44.4. The molecule has 0 fully saturated rings. The molecule has 26 rings (SSSR count). The molecular weight excluding hydrogens is 1730 g/mol. The smallest absolute Gasteiger partial charge is 0.181 e. The Morgan fingerprint density at radius 2 is 0.550 bits per heavy atom. The van der Waals surface area contributed by atoms with Crippen molar-refractivity contribution < 1.29 is 13.3 Å². The van der Waals surface area contributed by atoms with Crippen LogP contribution in [0, 0.1) is 6.92 Å². The van der Waals surface area contributed by atoms with Gasteiger partial charge in [-0.1, -0.05) is 297 Å². The van der Waals surface area contributed by atoms with Crippen LogP contribution in [0.25, 0.3) is 119 Å². The van der Waals surface area contributed by atoms with Crippen molar-refractivity contribution in [3.05, 3.63) is 445 Å². The van der Waals surface area contributed by atoms with Gasteiger partial charge in [0.1, 0.15) is 49.6 Å². The molecule has 3 aliphatic rings. The van der Waals surface area contributed by atoms with Crippen molar-refractivity contribution in [3.63, 3.8) is 0 Å². The summed E-state index contributed by atoms with van der Waals surface area (Å²) in [7, 11) is -7.04. The molecular formula is C118H82Cl3N3O3SSi3. The molecule has 0 amide bonds. The van der Waals surface area contributed by atoms with Crippen molar-refractivity contribution in [1.82, 2.24) is 0 Å². The van der Waals surface area contributed by atoms with Gasteiger partial charge in [-0.25, -0.2) is 0 Å². The summed E-state index contributed by atoms with van der Waals surface area (Å²) in [6, 6.07) is 153. The Hall–Kier alpha value is -14.3. The highest BCUT2D eigenvalue weighted by atomic mass is 35.5. The number of halogens is 3. The molecule has 2 unspecified atom stereocenters. The fourth-order valence-electron chi connectivity index (χ4n) is 21.3. The standard InChI is InChI=1S/C49H32ClNO2Si.C37H26ClNSSi.C32H24ClNOSi/c1-31-11-5-10-18-47(31)54(36-12-3-2-4-13-36)48-27-32(50)19-23-39(48)40-24-20-35(30-49(40)54)51(33-21-25-45-41(28-33)37-14-6-8-16-43(37)52-45)34-22-26-46-42(29-34)38-15-7-9-17-44(38)53-46;1-41(29-12-6-3-7-13-29)36-22-25(38)16-19-32(36)33-21-18-28(24-37(33)41)39(26-10-4-2-5-11-26)27-17-20-31-30-14-8-9-15-34(30)40-35(31)23-27;1-36(2)31-18-21(33)12-15-27(31)28-17-14-24(20-32(28)36)34(22-8-4-3-5-9-22)23-13-16-26-25-10-6-7-11-29(25)35-30(26)19-23/h2-30H,1H3;2-24H,1H3;3-20H,1-2H3. The van der Waals surface area contributed by atoms with Crippen LogP contribution in [0.2, 0.25) is 34.7 Å². The zero-order valence-corrected chi connectivity index (χ0v) is 78.1. The van der Waals surface area contributed by atoms with Crippen LogP contribution < -0.4 is 61.4 Å². The fourth-order valence-corrected chi connectivity index (χ4v) is 36.0. The van der Waals surface area contributed by atoms with Gasteiger partial charge in [0.2, 0.25) is 0 Å². The van der Waals surface area contributed by atoms with Crippen LogP contribution in [0.3, 0.4) is 0 Å². The average molecular weight is 1810 g/mol. The van der Waals surface area contributed by atoms with E-state index in [9.17, 15) is 0 Å². The van der Waals surface area contributed by atoms with Crippen LogP contribution in [0.5, 0.6) is 0 Å². The Balaban J connectivity index is 0.000000111. The zero-order valence-electron chi connectivity index (χ0n) is 72.0. The molecule has 0 saturated heterocycles. The number of hydrogen-bond acceptors (Lipinski definition) is 7. The van der Waals surface area contributed by atoms with E-state index in [1.165, 1.54) is 111 Å². The van der Waals surface area contributed by atoms with E-state index in [2.05, 4.69) is 411 Å². The van der Waals surface area contributed by atoms with Crippen molar-refractivity contribution in [2.45, 2.75) is 26.6 Å². The molecule has 0 radical (unpaired) electrons. The lowest BCUT2D eigenvalue weighted by Gasteiger charge is -2.34. The molecule has 4 aromatic heterocycles. The number of nitrogens with zero attached hydrogens (tertiary/aromatic N) is 3. The summed E-state index contributed by atoms with van der Waals surface area (Å²) in [5.74, 6) is 0. The molecule has 0 saturated carbocycles. The van der Waals surface area contributed by atoms with Crippen molar-refractivity contribution in [2.75, 3.05) is 14.7 Å². The molecule has 0 bridgehead atoms. The largest absolute Gasteiger partial charge is 0.456 e. The number of benzene rings is 19. The lowest BCUT2D eigenvalue weighted by atomic mass is 10.0. The highest BCUT2D eigenvalue weighted by Crippen LogP contribution is 2.48. The van der Waals surface area contributed by atoms with Crippen molar-refractivity contribution in [2.24, 2.45) is 0 Å². The second-order valence-corrected chi connectivity index (χ2v) is 49.4. The summed E-state index contributed by atoms with van der Waals surface area (Å²) in [5, 5.41) is 24.1. The molecule has 2 atom stereocenters. The Morgan fingerprint density at radius 1 is 0.221 bits per heavy atom. The van der Waals surface area contributed by atoms with E-state index in [0.29, 0.717) is 0 Å². The maximum Gasteiger partial charge on any atom is 0.181 e. The van der Waals surface area contributed by atoms with Gasteiger partial charge in [-0.05, 0) is 269 Å².